The summed E-state index contributed by atoms with van der Waals surface area (Å²) in [7, 11) is 0. The molecular weight excluding hydrogens is 388 g/mol. The number of carboxylic acid groups (broad SMARTS) is 1. The Morgan fingerprint density at radius 3 is 2.72 bits per heavy atom. The van der Waals surface area contributed by atoms with Gasteiger partial charge in [-0.25, -0.2) is 0 Å². The van der Waals surface area contributed by atoms with Crippen LogP contribution in [0.5, 0.6) is 0 Å². The van der Waals surface area contributed by atoms with Crippen molar-refractivity contribution in [2.75, 3.05) is 31.1 Å². The minimum Gasteiger partial charge on any atom is -0.483 e. The fraction of sp³-hybridized carbons (Fsp3) is 0.636. The number of nitrogens with one attached hydrogen (secondary N) is 1. The van der Waals surface area contributed by atoms with Gasteiger partial charge < -0.3 is 15.2 Å². The number of hydrogen-bond acceptors (Lipinski definition) is 5. The predicted molar refractivity (Wildman–Crippen MR) is 113 cm³/mol. The van der Waals surface area contributed by atoms with E-state index >= 15 is 0 Å². The Bertz CT molecular complexity index is 712. The zero-order valence-corrected chi connectivity index (χ0v) is 17.5. The van der Waals surface area contributed by atoms with E-state index in [-0.39, 0.29) is 18.0 Å². The van der Waals surface area contributed by atoms with Gasteiger partial charge in [0.1, 0.15) is 0 Å². The third-order valence-corrected chi connectivity index (χ3v) is 8.10. The number of ether oxygens (including phenoxy) is 1. The second-order valence-corrected chi connectivity index (χ2v) is 9.71. The van der Waals surface area contributed by atoms with Gasteiger partial charge in [0.05, 0.1) is 11.7 Å². The fourth-order valence-electron chi connectivity index (χ4n) is 5.73. The molecule has 0 aliphatic carbocycles. The highest BCUT2D eigenvalue weighted by Gasteiger charge is 2.63. The second-order valence-electron chi connectivity index (χ2n) is 8.48. The summed E-state index contributed by atoms with van der Waals surface area (Å²) in [5.41, 5.74) is 0.830. The van der Waals surface area contributed by atoms with Crippen LogP contribution in [0.3, 0.4) is 0 Å². The molecule has 4 saturated heterocycles. The summed E-state index contributed by atoms with van der Waals surface area (Å²) in [4.78, 5) is 23.5. The molecular formula is C22H30N2O4S. The van der Waals surface area contributed by atoms with Crippen LogP contribution >= 0.6 is 11.8 Å². The molecule has 4 aliphatic rings. The lowest BCUT2D eigenvalue weighted by Crippen LogP contribution is -2.41. The molecule has 4 atom stereocenters. The van der Waals surface area contributed by atoms with E-state index in [4.69, 9.17) is 14.6 Å². The van der Waals surface area contributed by atoms with Crippen molar-refractivity contribution in [1.82, 2.24) is 10.2 Å². The number of amides is 1. The maximum absolute atomic E-state index is 12.4. The van der Waals surface area contributed by atoms with Crippen LogP contribution in [0.25, 0.3) is 0 Å². The topological polar surface area (TPSA) is 78.9 Å². The SMILES string of the molecule is O=C(NC[C@H]1[C@H]2CN(C3CCSCC3)C[C@]23CC[C@H]1O3)c1ccccc1.O=CO. The molecule has 4 aliphatic heterocycles. The van der Waals surface area contributed by atoms with Crippen molar-refractivity contribution in [3.8, 4) is 0 Å². The van der Waals surface area contributed by atoms with Crippen molar-refractivity contribution < 1.29 is 19.4 Å². The summed E-state index contributed by atoms with van der Waals surface area (Å²) >= 11 is 2.10. The Hall–Kier alpha value is -1.57. The maximum Gasteiger partial charge on any atom is 0.290 e. The molecule has 7 heteroatoms. The number of likely N-dealkylation sites (tertiary alicyclic amines) is 1. The number of benzene rings is 1. The van der Waals surface area contributed by atoms with Gasteiger partial charge in [-0.1, -0.05) is 18.2 Å². The first kappa shape index (κ1) is 20.7. The van der Waals surface area contributed by atoms with E-state index in [0.717, 1.165) is 37.7 Å². The third-order valence-electron chi connectivity index (χ3n) is 7.05. The first-order valence-electron chi connectivity index (χ1n) is 10.6. The number of carbonyl (C=O) groups is 2. The van der Waals surface area contributed by atoms with Gasteiger partial charge in [0.15, 0.2) is 0 Å². The lowest BCUT2D eigenvalue weighted by atomic mass is 9.73. The highest BCUT2D eigenvalue weighted by molar-refractivity contribution is 7.99. The van der Waals surface area contributed by atoms with Crippen molar-refractivity contribution in [2.24, 2.45) is 11.8 Å². The fourth-order valence-corrected chi connectivity index (χ4v) is 6.81. The molecule has 2 bridgehead atoms. The van der Waals surface area contributed by atoms with Crippen LogP contribution < -0.4 is 5.32 Å². The van der Waals surface area contributed by atoms with Gasteiger partial charge in [-0.05, 0) is 49.3 Å². The Balaban J connectivity index is 0.000000645. The molecule has 6 nitrogen and oxygen atoms in total. The maximum atomic E-state index is 12.4. The largest absolute Gasteiger partial charge is 0.483 e. The van der Waals surface area contributed by atoms with Crippen LogP contribution in [-0.4, -0.2) is 71.3 Å². The first-order valence-corrected chi connectivity index (χ1v) is 11.7. The van der Waals surface area contributed by atoms with Crippen LogP contribution in [0.2, 0.25) is 0 Å². The summed E-state index contributed by atoms with van der Waals surface area (Å²) in [5.74, 6) is 3.71. The molecule has 0 aromatic heterocycles. The Morgan fingerprint density at radius 1 is 1.28 bits per heavy atom. The van der Waals surface area contributed by atoms with E-state index in [2.05, 4.69) is 22.0 Å². The standard InChI is InChI=1S/C21H28N2O2S.CH2O2/c24-20(15-4-2-1-3-5-15)22-12-17-18-13-23(16-7-10-26-11-8-16)14-21(18)9-6-19(17)25-21;2-1-3/h1-5,16-19H,6-14H2,(H,22,24);1H,(H,2,3)/t17-,18+,19+,21+;/m0./s1. The van der Waals surface area contributed by atoms with E-state index < -0.39 is 0 Å². The highest BCUT2D eigenvalue weighted by atomic mass is 32.2. The van der Waals surface area contributed by atoms with Crippen LogP contribution in [-0.2, 0) is 9.53 Å². The summed E-state index contributed by atoms with van der Waals surface area (Å²) < 4.78 is 6.56. The van der Waals surface area contributed by atoms with Gasteiger partial charge in [-0.2, -0.15) is 11.8 Å². The number of fused-ring (bicyclic) bond motifs is 1. The average Bonchev–Trinajstić information content (AvgIpc) is 3.42. The highest BCUT2D eigenvalue weighted by Crippen LogP contribution is 2.55. The Kier molecular flexibility index (Phi) is 6.47. The van der Waals surface area contributed by atoms with Crippen molar-refractivity contribution in [1.29, 1.82) is 0 Å². The predicted octanol–water partition coefficient (Wildman–Crippen LogP) is 2.49. The van der Waals surface area contributed by atoms with Gasteiger partial charge in [-0.15, -0.1) is 0 Å². The summed E-state index contributed by atoms with van der Waals surface area (Å²) in [6.45, 7) is 2.78. The zero-order valence-electron chi connectivity index (χ0n) is 16.7. The van der Waals surface area contributed by atoms with Crippen molar-refractivity contribution in [3.05, 3.63) is 35.9 Å². The molecule has 4 fully saturated rings. The van der Waals surface area contributed by atoms with E-state index in [0.29, 0.717) is 17.9 Å². The molecule has 4 heterocycles. The number of nitrogens with zero attached hydrogens (tertiary/aromatic N) is 1. The van der Waals surface area contributed by atoms with Crippen molar-refractivity contribution >= 4 is 24.1 Å². The molecule has 5 rings (SSSR count). The first-order chi connectivity index (χ1) is 14.2. The van der Waals surface area contributed by atoms with Crippen LogP contribution in [0.4, 0.5) is 0 Å². The molecule has 158 valence electrons. The molecule has 2 N–H and O–H groups in total. The van der Waals surface area contributed by atoms with Crippen LogP contribution in [0.1, 0.15) is 36.0 Å². The zero-order chi connectivity index (χ0) is 20.3. The van der Waals surface area contributed by atoms with Crippen LogP contribution in [0, 0.1) is 11.8 Å². The van der Waals surface area contributed by atoms with Gasteiger partial charge >= 0.3 is 0 Å². The van der Waals surface area contributed by atoms with Crippen molar-refractivity contribution in [3.63, 3.8) is 0 Å². The van der Waals surface area contributed by atoms with E-state index in [9.17, 15) is 4.79 Å². The lowest BCUT2D eigenvalue weighted by molar-refractivity contribution is -0.122. The normalized spacial score (nSPS) is 33.6. The quantitative estimate of drug-likeness (QED) is 0.732. The minimum absolute atomic E-state index is 0.0431. The molecule has 1 aromatic carbocycles. The van der Waals surface area contributed by atoms with Gasteiger partial charge in [0.2, 0.25) is 0 Å². The lowest BCUT2D eigenvalue weighted by Gasteiger charge is -2.32. The van der Waals surface area contributed by atoms with E-state index in [1.165, 1.54) is 30.8 Å². The average molecular weight is 419 g/mol. The van der Waals surface area contributed by atoms with E-state index in [1.807, 2.05) is 30.3 Å². The van der Waals surface area contributed by atoms with Gasteiger partial charge in [0.25, 0.3) is 12.4 Å². The number of thioether (sulfide) groups is 1. The van der Waals surface area contributed by atoms with Crippen LogP contribution in [0.15, 0.2) is 30.3 Å². The molecule has 0 unspecified atom stereocenters. The van der Waals surface area contributed by atoms with Crippen molar-refractivity contribution in [2.45, 2.75) is 43.4 Å². The monoisotopic (exact) mass is 418 g/mol. The smallest absolute Gasteiger partial charge is 0.290 e. The third kappa shape index (κ3) is 4.18. The molecule has 0 saturated carbocycles. The molecule has 1 spiro atoms. The Morgan fingerprint density at radius 2 is 2.00 bits per heavy atom. The summed E-state index contributed by atoms with van der Waals surface area (Å²) in [5, 5.41) is 10.1. The summed E-state index contributed by atoms with van der Waals surface area (Å²) in [6.07, 6.45) is 5.37. The molecule has 0 radical (unpaired) electrons. The summed E-state index contributed by atoms with van der Waals surface area (Å²) in [6, 6.07) is 10.3. The second kappa shape index (κ2) is 9.06. The van der Waals surface area contributed by atoms with Gasteiger partial charge in [-0.3, -0.25) is 14.5 Å². The Labute approximate surface area is 176 Å². The minimum atomic E-state index is -0.250. The molecule has 1 aromatic rings. The molecule has 1 amide bonds. The number of rotatable bonds is 4. The van der Waals surface area contributed by atoms with E-state index in [1.54, 1.807) is 0 Å². The number of hydrogen-bond donors (Lipinski definition) is 2. The number of carbonyl (C=O) groups excluding carboxylic acids is 1. The molecule has 29 heavy (non-hydrogen) atoms. The van der Waals surface area contributed by atoms with Gasteiger partial charge in [0, 0.05) is 43.1 Å².